The lowest BCUT2D eigenvalue weighted by Gasteiger charge is -2.17. The molecule has 4 heteroatoms. The number of benzene rings is 1. The van der Waals surface area contributed by atoms with Crippen LogP contribution in [0.25, 0.3) is 6.08 Å². The van der Waals surface area contributed by atoms with Gasteiger partial charge in [0.05, 0.1) is 4.91 Å². The average molecular weight is 370 g/mol. The van der Waals surface area contributed by atoms with Gasteiger partial charge in [0.2, 0.25) is 0 Å². The SMILES string of the molecule is C[C@H](CNC(=O)C1=Cc2sc3c(c2CS1)CCCC3)c1ccccc1. The number of rotatable bonds is 4. The molecule has 1 amide bonds. The van der Waals surface area contributed by atoms with Gasteiger partial charge in [-0.25, -0.2) is 0 Å². The molecule has 2 aliphatic rings. The number of hydrogen-bond donors (Lipinski definition) is 1. The quantitative estimate of drug-likeness (QED) is 0.809. The van der Waals surface area contributed by atoms with Crippen LogP contribution in [0.15, 0.2) is 35.2 Å². The minimum Gasteiger partial charge on any atom is -0.351 e. The second kappa shape index (κ2) is 7.38. The number of amides is 1. The number of fused-ring (bicyclic) bond motifs is 3. The van der Waals surface area contributed by atoms with Crippen molar-refractivity contribution in [1.29, 1.82) is 0 Å². The Morgan fingerprint density at radius 1 is 1.16 bits per heavy atom. The van der Waals surface area contributed by atoms with Gasteiger partial charge in [0, 0.05) is 22.1 Å². The number of carbonyl (C=O) groups excluding carboxylic acids is 1. The molecule has 0 unspecified atom stereocenters. The summed E-state index contributed by atoms with van der Waals surface area (Å²) in [7, 11) is 0. The van der Waals surface area contributed by atoms with Gasteiger partial charge >= 0.3 is 0 Å². The highest BCUT2D eigenvalue weighted by atomic mass is 32.2. The summed E-state index contributed by atoms with van der Waals surface area (Å²) in [5, 5.41) is 3.12. The molecule has 0 bridgehead atoms. The Hall–Kier alpha value is -1.52. The first kappa shape index (κ1) is 16.9. The van der Waals surface area contributed by atoms with Crippen molar-refractivity contribution in [3.63, 3.8) is 0 Å². The molecule has 4 rings (SSSR count). The van der Waals surface area contributed by atoms with E-state index in [-0.39, 0.29) is 5.91 Å². The Morgan fingerprint density at radius 3 is 2.80 bits per heavy atom. The molecule has 0 spiro atoms. The maximum Gasteiger partial charge on any atom is 0.257 e. The van der Waals surface area contributed by atoms with Crippen LogP contribution in [0, 0.1) is 0 Å². The van der Waals surface area contributed by atoms with E-state index in [1.54, 1.807) is 22.2 Å². The van der Waals surface area contributed by atoms with E-state index in [0.29, 0.717) is 12.5 Å². The van der Waals surface area contributed by atoms with Gasteiger partial charge in [-0.15, -0.1) is 23.1 Å². The lowest BCUT2D eigenvalue weighted by Crippen LogP contribution is -2.28. The molecule has 1 aliphatic carbocycles. The van der Waals surface area contributed by atoms with Gasteiger partial charge < -0.3 is 5.32 Å². The fraction of sp³-hybridized carbons (Fsp3) is 0.381. The monoisotopic (exact) mass is 369 g/mol. The van der Waals surface area contributed by atoms with Crippen LogP contribution in [-0.2, 0) is 23.4 Å². The molecule has 2 heterocycles. The smallest absolute Gasteiger partial charge is 0.257 e. The van der Waals surface area contributed by atoms with Crippen LogP contribution in [0.5, 0.6) is 0 Å². The fourth-order valence-corrected chi connectivity index (χ4v) is 6.16. The molecule has 1 aliphatic heterocycles. The van der Waals surface area contributed by atoms with E-state index in [9.17, 15) is 4.79 Å². The molecule has 130 valence electrons. The molecular weight excluding hydrogens is 346 g/mol. The van der Waals surface area contributed by atoms with Crippen molar-refractivity contribution < 1.29 is 4.79 Å². The first-order valence-corrected chi connectivity index (χ1v) is 10.8. The fourth-order valence-electron chi connectivity index (χ4n) is 3.60. The average Bonchev–Trinajstić information content (AvgIpc) is 3.04. The molecule has 25 heavy (non-hydrogen) atoms. The van der Waals surface area contributed by atoms with Crippen molar-refractivity contribution >= 4 is 35.1 Å². The third-order valence-electron chi connectivity index (χ3n) is 5.11. The molecule has 0 saturated heterocycles. The summed E-state index contributed by atoms with van der Waals surface area (Å²) in [4.78, 5) is 16.3. The van der Waals surface area contributed by atoms with Crippen LogP contribution < -0.4 is 5.32 Å². The van der Waals surface area contributed by atoms with E-state index in [1.165, 1.54) is 41.7 Å². The third-order valence-corrected chi connectivity index (χ3v) is 7.44. The highest BCUT2D eigenvalue weighted by molar-refractivity contribution is 8.03. The van der Waals surface area contributed by atoms with E-state index in [1.807, 2.05) is 29.5 Å². The molecule has 0 fully saturated rings. The van der Waals surface area contributed by atoms with Crippen molar-refractivity contribution in [1.82, 2.24) is 5.32 Å². The molecule has 2 nitrogen and oxygen atoms in total. The zero-order valence-corrected chi connectivity index (χ0v) is 16.1. The van der Waals surface area contributed by atoms with Crippen molar-refractivity contribution in [2.45, 2.75) is 44.3 Å². The predicted octanol–water partition coefficient (Wildman–Crippen LogP) is 5.13. The zero-order valence-electron chi connectivity index (χ0n) is 14.5. The van der Waals surface area contributed by atoms with Gasteiger partial charge in [-0.05, 0) is 54.4 Å². The number of hydrogen-bond acceptors (Lipinski definition) is 3. The molecule has 1 atom stereocenters. The van der Waals surface area contributed by atoms with Gasteiger partial charge in [-0.1, -0.05) is 37.3 Å². The molecule has 1 N–H and O–H groups in total. The van der Waals surface area contributed by atoms with E-state index < -0.39 is 0 Å². The van der Waals surface area contributed by atoms with Gasteiger partial charge in [0.15, 0.2) is 0 Å². The summed E-state index contributed by atoms with van der Waals surface area (Å²) >= 11 is 3.61. The lowest BCUT2D eigenvalue weighted by atomic mass is 9.95. The number of carbonyl (C=O) groups is 1. The first-order chi connectivity index (χ1) is 12.2. The minimum atomic E-state index is 0.0739. The maximum atomic E-state index is 12.6. The van der Waals surface area contributed by atoms with Crippen molar-refractivity contribution in [3.05, 3.63) is 61.7 Å². The second-order valence-electron chi connectivity index (χ2n) is 6.87. The third kappa shape index (κ3) is 3.56. The van der Waals surface area contributed by atoms with E-state index in [4.69, 9.17) is 0 Å². The van der Waals surface area contributed by atoms with Crippen LogP contribution in [0.1, 0.15) is 52.1 Å². The van der Waals surface area contributed by atoms with Crippen LogP contribution in [0.2, 0.25) is 0 Å². The lowest BCUT2D eigenvalue weighted by molar-refractivity contribution is -0.116. The van der Waals surface area contributed by atoms with Crippen molar-refractivity contribution in [2.24, 2.45) is 0 Å². The summed E-state index contributed by atoms with van der Waals surface area (Å²) in [5.74, 6) is 1.35. The van der Waals surface area contributed by atoms with E-state index in [0.717, 1.165) is 10.7 Å². The van der Waals surface area contributed by atoms with Crippen molar-refractivity contribution in [2.75, 3.05) is 6.54 Å². The summed E-state index contributed by atoms with van der Waals surface area (Å²) in [5.41, 5.74) is 4.35. The second-order valence-corrected chi connectivity index (χ2v) is 9.03. The van der Waals surface area contributed by atoms with E-state index in [2.05, 4.69) is 30.4 Å². The largest absolute Gasteiger partial charge is 0.351 e. The van der Waals surface area contributed by atoms with E-state index >= 15 is 0 Å². The topological polar surface area (TPSA) is 29.1 Å². The molecule has 0 saturated carbocycles. The maximum absolute atomic E-state index is 12.6. The molecule has 1 aromatic carbocycles. The van der Waals surface area contributed by atoms with Crippen LogP contribution in [0.4, 0.5) is 0 Å². The summed E-state index contributed by atoms with van der Waals surface area (Å²) < 4.78 is 0. The van der Waals surface area contributed by atoms with Crippen LogP contribution in [-0.4, -0.2) is 12.5 Å². The van der Waals surface area contributed by atoms with Crippen LogP contribution in [0.3, 0.4) is 0 Å². The van der Waals surface area contributed by atoms with Gasteiger partial charge in [-0.3, -0.25) is 4.79 Å². The Morgan fingerprint density at radius 2 is 1.96 bits per heavy atom. The zero-order chi connectivity index (χ0) is 17.2. The van der Waals surface area contributed by atoms with Crippen LogP contribution >= 0.6 is 23.1 Å². The first-order valence-electron chi connectivity index (χ1n) is 9.03. The summed E-state index contributed by atoms with van der Waals surface area (Å²) in [6.07, 6.45) is 7.20. The van der Waals surface area contributed by atoms with Gasteiger partial charge in [-0.2, -0.15) is 0 Å². The highest BCUT2D eigenvalue weighted by Gasteiger charge is 2.25. The Bertz CT molecular complexity index is 807. The van der Waals surface area contributed by atoms with Crippen molar-refractivity contribution in [3.8, 4) is 0 Å². The predicted molar refractivity (Wildman–Crippen MR) is 108 cm³/mol. The number of nitrogens with one attached hydrogen (secondary N) is 1. The highest BCUT2D eigenvalue weighted by Crippen LogP contribution is 2.42. The number of thioether (sulfide) groups is 1. The Labute approximate surface area is 157 Å². The van der Waals surface area contributed by atoms with Gasteiger partial charge in [0.25, 0.3) is 5.91 Å². The summed E-state index contributed by atoms with van der Waals surface area (Å²) in [6, 6.07) is 10.4. The standard InChI is InChI=1S/C21H23NOS2/c1-14(15-7-3-2-4-8-15)12-22-21(23)20-11-19-17(13-24-20)16-9-5-6-10-18(16)25-19/h2-4,7-8,11,14H,5-6,9-10,12-13H2,1H3,(H,22,23)/t14-/m1/s1. The summed E-state index contributed by atoms with van der Waals surface area (Å²) in [6.45, 7) is 2.83. The Kier molecular flexibility index (Phi) is 5.00. The molecular formula is C21H23NOS2. The van der Waals surface area contributed by atoms with Gasteiger partial charge in [0.1, 0.15) is 0 Å². The number of aryl methyl sites for hydroxylation is 1. The number of thiophene rings is 1. The molecule has 0 radical (unpaired) electrons. The molecule has 1 aromatic heterocycles. The molecule has 2 aromatic rings. The minimum absolute atomic E-state index is 0.0739. The normalized spacial score (nSPS) is 17.2. The Balaban J connectivity index is 1.43.